The molecule has 1 atom stereocenters. The van der Waals surface area contributed by atoms with E-state index in [4.69, 9.17) is 0 Å². The normalized spacial score (nSPS) is 16.3. The first-order valence-electron chi connectivity index (χ1n) is 11.0. The molecule has 0 aliphatic carbocycles. The molecule has 3 rings (SSSR count). The van der Waals surface area contributed by atoms with Gasteiger partial charge in [0.25, 0.3) is 0 Å². The van der Waals surface area contributed by atoms with Crippen molar-refractivity contribution in [2.24, 2.45) is 11.8 Å². The van der Waals surface area contributed by atoms with Gasteiger partial charge >= 0.3 is 0 Å². The minimum Gasteiger partial charge on any atom is -0.356 e. The molecule has 168 valence electrons. The van der Waals surface area contributed by atoms with Crippen molar-refractivity contribution in [2.45, 2.75) is 51.2 Å². The third-order valence-electron chi connectivity index (χ3n) is 5.50. The highest BCUT2D eigenvalue weighted by Crippen LogP contribution is 2.19. The van der Waals surface area contributed by atoms with E-state index < -0.39 is 0 Å². The van der Waals surface area contributed by atoms with Crippen LogP contribution in [0.2, 0.25) is 0 Å². The van der Waals surface area contributed by atoms with Crippen LogP contribution in [-0.2, 0) is 29.0 Å². The van der Waals surface area contributed by atoms with E-state index in [2.05, 4.69) is 46.1 Å². The summed E-state index contributed by atoms with van der Waals surface area (Å²) in [5.41, 5.74) is 1.21. The summed E-state index contributed by atoms with van der Waals surface area (Å²) in [7, 11) is 0. The topological polar surface area (TPSA) is 80.1 Å². The number of rotatable bonds is 11. The highest BCUT2D eigenvalue weighted by molar-refractivity contribution is 7.98. The van der Waals surface area contributed by atoms with Crippen LogP contribution in [0.4, 0.5) is 0 Å². The molecule has 2 amide bonds. The van der Waals surface area contributed by atoms with Gasteiger partial charge in [-0.1, -0.05) is 55.9 Å². The number of nitrogens with zero attached hydrogens (tertiary/aromatic N) is 4. The first-order chi connectivity index (χ1) is 15.0. The molecule has 2 heterocycles. The summed E-state index contributed by atoms with van der Waals surface area (Å²) in [5.74, 6) is 1.28. The molecule has 0 spiro atoms. The summed E-state index contributed by atoms with van der Waals surface area (Å²) >= 11 is 1.61. The average molecular weight is 444 g/mol. The zero-order chi connectivity index (χ0) is 22.2. The van der Waals surface area contributed by atoms with Crippen LogP contribution in [0, 0.1) is 11.8 Å². The second-order valence-electron chi connectivity index (χ2n) is 8.48. The molecular formula is C23H33N5O2S. The fraction of sp³-hybridized carbons (Fsp3) is 0.565. The zero-order valence-corrected chi connectivity index (χ0v) is 19.5. The van der Waals surface area contributed by atoms with Crippen molar-refractivity contribution in [1.82, 2.24) is 25.0 Å². The zero-order valence-electron chi connectivity index (χ0n) is 18.7. The van der Waals surface area contributed by atoms with Gasteiger partial charge in [0.1, 0.15) is 5.82 Å². The van der Waals surface area contributed by atoms with Crippen LogP contribution in [0.1, 0.15) is 38.1 Å². The Labute approximate surface area is 189 Å². The molecule has 31 heavy (non-hydrogen) atoms. The Kier molecular flexibility index (Phi) is 8.51. The predicted molar refractivity (Wildman–Crippen MR) is 123 cm³/mol. The van der Waals surface area contributed by atoms with Crippen molar-refractivity contribution in [3.05, 3.63) is 41.7 Å². The smallest absolute Gasteiger partial charge is 0.225 e. The third kappa shape index (κ3) is 6.56. The third-order valence-corrected chi connectivity index (χ3v) is 6.17. The fourth-order valence-corrected chi connectivity index (χ4v) is 4.40. The molecule has 1 aromatic heterocycles. The Morgan fingerprint density at radius 2 is 2.00 bits per heavy atom. The van der Waals surface area contributed by atoms with Crippen LogP contribution in [0.25, 0.3) is 0 Å². The van der Waals surface area contributed by atoms with E-state index in [-0.39, 0.29) is 17.7 Å². The van der Waals surface area contributed by atoms with Crippen LogP contribution in [0.5, 0.6) is 0 Å². The molecule has 7 nitrogen and oxygen atoms in total. The van der Waals surface area contributed by atoms with Crippen molar-refractivity contribution in [3.63, 3.8) is 0 Å². The molecule has 8 heteroatoms. The van der Waals surface area contributed by atoms with Crippen LogP contribution in [0.3, 0.4) is 0 Å². The van der Waals surface area contributed by atoms with Gasteiger partial charge in [-0.15, -0.1) is 10.2 Å². The van der Waals surface area contributed by atoms with Crippen molar-refractivity contribution in [2.75, 3.05) is 25.9 Å². The van der Waals surface area contributed by atoms with E-state index in [0.29, 0.717) is 32.0 Å². The highest BCUT2D eigenvalue weighted by Gasteiger charge is 2.33. The van der Waals surface area contributed by atoms with Crippen LogP contribution < -0.4 is 5.32 Å². The second kappa shape index (κ2) is 11.3. The standard InChI is InChI=1S/C23H33N5O2S/c1-17(2)15-28-20(25-26-23(28)31-3)10-7-12-24-22(30)19-14-21(29)27(16-19)13-11-18-8-5-4-6-9-18/h4-6,8-9,17,19H,7,10-16H2,1-3H3,(H,24,30). The fourth-order valence-electron chi connectivity index (χ4n) is 3.88. The van der Waals surface area contributed by atoms with Crippen molar-refractivity contribution in [3.8, 4) is 0 Å². The van der Waals surface area contributed by atoms with Crippen LogP contribution in [0.15, 0.2) is 35.5 Å². The predicted octanol–water partition coefficient (Wildman–Crippen LogP) is 2.80. The Morgan fingerprint density at radius 3 is 2.71 bits per heavy atom. The van der Waals surface area contributed by atoms with Gasteiger partial charge in [-0.25, -0.2) is 0 Å². The lowest BCUT2D eigenvalue weighted by Crippen LogP contribution is -2.34. The van der Waals surface area contributed by atoms with Crippen molar-refractivity contribution in [1.29, 1.82) is 0 Å². The van der Waals surface area contributed by atoms with Gasteiger partial charge in [-0.2, -0.15) is 0 Å². The van der Waals surface area contributed by atoms with Crippen molar-refractivity contribution < 1.29 is 9.59 Å². The summed E-state index contributed by atoms with van der Waals surface area (Å²) in [6.45, 7) is 7.01. The molecule has 0 radical (unpaired) electrons. The number of aromatic nitrogens is 3. The first-order valence-corrected chi connectivity index (χ1v) is 12.3. The van der Waals surface area contributed by atoms with Gasteiger partial charge < -0.3 is 14.8 Å². The van der Waals surface area contributed by atoms with Gasteiger partial charge in [-0.05, 0) is 30.6 Å². The number of hydrogen-bond acceptors (Lipinski definition) is 5. The van der Waals surface area contributed by atoms with Gasteiger partial charge in [0, 0.05) is 39.0 Å². The summed E-state index contributed by atoms with van der Waals surface area (Å²) in [6, 6.07) is 10.1. The number of hydrogen-bond donors (Lipinski definition) is 1. The molecule has 0 bridgehead atoms. The van der Waals surface area contributed by atoms with Gasteiger partial charge in [0.2, 0.25) is 11.8 Å². The molecular weight excluding hydrogens is 410 g/mol. The molecule has 1 aromatic carbocycles. The maximum atomic E-state index is 12.6. The first kappa shape index (κ1) is 23.3. The van der Waals surface area contributed by atoms with Gasteiger partial charge in [0.15, 0.2) is 5.16 Å². The lowest BCUT2D eigenvalue weighted by Gasteiger charge is -2.16. The minimum absolute atomic E-state index is 0.0241. The lowest BCUT2D eigenvalue weighted by molar-refractivity contribution is -0.129. The summed E-state index contributed by atoms with van der Waals surface area (Å²) in [5, 5.41) is 12.5. The van der Waals surface area contributed by atoms with E-state index in [0.717, 1.165) is 36.8 Å². The number of amides is 2. The number of thioether (sulfide) groups is 1. The number of nitrogens with one attached hydrogen (secondary N) is 1. The summed E-state index contributed by atoms with van der Waals surface area (Å²) in [4.78, 5) is 26.7. The molecule has 1 aliphatic rings. The Balaban J connectivity index is 1.41. The molecule has 1 aliphatic heterocycles. The molecule has 1 saturated heterocycles. The van der Waals surface area contributed by atoms with E-state index in [1.165, 1.54) is 5.56 Å². The molecule has 2 aromatic rings. The lowest BCUT2D eigenvalue weighted by atomic mass is 10.1. The van der Waals surface area contributed by atoms with Gasteiger partial charge in [-0.3, -0.25) is 9.59 Å². The number of carbonyl (C=O) groups excluding carboxylic acids is 2. The molecule has 0 saturated carbocycles. The Bertz CT molecular complexity index is 868. The summed E-state index contributed by atoms with van der Waals surface area (Å²) in [6.07, 6.45) is 4.70. The van der Waals surface area contributed by atoms with Crippen LogP contribution >= 0.6 is 11.8 Å². The van der Waals surface area contributed by atoms with Crippen molar-refractivity contribution >= 4 is 23.6 Å². The monoisotopic (exact) mass is 443 g/mol. The van der Waals surface area contributed by atoms with E-state index in [9.17, 15) is 9.59 Å². The number of aryl methyl sites for hydroxylation is 1. The number of benzene rings is 1. The van der Waals surface area contributed by atoms with Gasteiger partial charge in [0.05, 0.1) is 5.92 Å². The summed E-state index contributed by atoms with van der Waals surface area (Å²) < 4.78 is 2.18. The van der Waals surface area contributed by atoms with E-state index >= 15 is 0 Å². The molecule has 1 unspecified atom stereocenters. The number of carbonyl (C=O) groups is 2. The quantitative estimate of drug-likeness (QED) is 0.427. The SMILES string of the molecule is CSc1nnc(CCCNC(=O)C2CC(=O)N(CCc3ccccc3)C2)n1CC(C)C. The Hall–Kier alpha value is -2.35. The maximum Gasteiger partial charge on any atom is 0.225 e. The molecule has 1 fully saturated rings. The average Bonchev–Trinajstić information content (AvgIpc) is 3.32. The van der Waals surface area contributed by atoms with E-state index in [1.54, 1.807) is 11.8 Å². The second-order valence-corrected chi connectivity index (χ2v) is 9.25. The maximum absolute atomic E-state index is 12.6. The molecule has 1 N–H and O–H groups in total. The van der Waals surface area contributed by atoms with Crippen LogP contribution in [-0.4, -0.2) is 57.4 Å². The number of likely N-dealkylation sites (tertiary alicyclic amines) is 1. The highest BCUT2D eigenvalue weighted by atomic mass is 32.2. The largest absolute Gasteiger partial charge is 0.356 e. The Morgan fingerprint density at radius 1 is 1.23 bits per heavy atom. The van der Waals surface area contributed by atoms with E-state index in [1.807, 2.05) is 29.4 Å². The minimum atomic E-state index is -0.254.